The van der Waals surface area contributed by atoms with E-state index in [1.54, 1.807) is 6.07 Å². The molecule has 0 fully saturated rings. The van der Waals surface area contributed by atoms with Crippen molar-refractivity contribution in [2.24, 2.45) is 0 Å². The molecule has 5 heteroatoms. The van der Waals surface area contributed by atoms with Crippen molar-refractivity contribution in [1.82, 2.24) is 14.9 Å². The van der Waals surface area contributed by atoms with Crippen LogP contribution in [0.15, 0.2) is 42.9 Å². The average Bonchev–Trinajstić information content (AvgIpc) is 2.85. The Morgan fingerprint density at radius 1 is 1.20 bits per heavy atom. The molecule has 1 aliphatic rings. The van der Waals surface area contributed by atoms with Crippen LogP contribution in [0.3, 0.4) is 0 Å². The summed E-state index contributed by atoms with van der Waals surface area (Å²) in [6.45, 7) is 2.80. The molecule has 0 saturated heterocycles. The van der Waals surface area contributed by atoms with Crippen LogP contribution in [0.1, 0.15) is 5.56 Å². The molecule has 3 heterocycles. The Balaban J connectivity index is 1.98. The third-order valence-corrected chi connectivity index (χ3v) is 3.15. The van der Waals surface area contributed by atoms with Gasteiger partial charge in [-0.1, -0.05) is 0 Å². The molecule has 0 atom stereocenters. The van der Waals surface area contributed by atoms with Crippen molar-refractivity contribution >= 4 is 5.82 Å². The van der Waals surface area contributed by atoms with Crippen molar-refractivity contribution < 1.29 is 4.39 Å². The number of aryl methyl sites for hydroxylation is 1. The minimum absolute atomic E-state index is 0.481. The predicted octanol–water partition coefficient (Wildman–Crippen LogP) is 2.77. The summed E-state index contributed by atoms with van der Waals surface area (Å²) in [5, 5.41) is 0. The van der Waals surface area contributed by atoms with E-state index in [1.165, 1.54) is 12.3 Å². The molecule has 0 unspecified atom stereocenters. The van der Waals surface area contributed by atoms with Crippen molar-refractivity contribution in [1.29, 1.82) is 0 Å². The smallest absolute Gasteiger partial charge is 0.212 e. The van der Waals surface area contributed by atoms with Gasteiger partial charge in [0.25, 0.3) is 0 Å². The Kier molecular flexibility index (Phi) is 3.10. The number of pyridine rings is 2. The summed E-state index contributed by atoms with van der Waals surface area (Å²) < 4.78 is 12.9. The lowest BCUT2D eigenvalue weighted by atomic mass is 10.1. The second-order valence-electron chi connectivity index (χ2n) is 4.92. The third-order valence-electron chi connectivity index (χ3n) is 3.15. The van der Waals surface area contributed by atoms with Gasteiger partial charge < -0.3 is 9.80 Å². The summed E-state index contributed by atoms with van der Waals surface area (Å²) in [6, 6.07) is 7.05. The van der Waals surface area contributed by atoms with E-state index in [4.69, 9.17) is 0 Å². The van der Waals surface area contributed by atoms with Crippen molar-refractivity contribution in [3.8, 4) is 11.3 Å². The zero-order valence-electron chi connectivity index (χ0n) is 11.4. The monoisotopic (exact) mass is 270 g/mol. The van der Waals surface area contributed by atoms with Crippen LogP contribution >= 0.6 is 0 Å². The van der Waals surface area contributed by atoms with Gasteiger partial charge in [-0.15, -0.1) is 0 Å². The number of anilines is 1. The van der Waals surface area contributed by atoms with E-state index in [0.717, 1.165) is 29.3 Å². The van der Waals surface area contributed by atoms with Crippen LogP contribution in [0.2, 0.25) is 0 Å². The maximum Gasteiger partial charge on any atom is 0.212 e. The average molecular weight is 270 g/mol. The molecule has 0 aliphatic carbocycles. The number of hydrogen-bond acceptors (Lipinski definition) is 4. The first-order valence-corrected chi connectivity index (χ1v) is 6.38. The maximum atomic E-state index is 12.9. The lowest BCUT2D eigenvalue weighted by molar-refractivity contribution is 0.494. The van der Waals surface area contributed by atoms with Crippen LogP contribution in [-0.2, 0) is 0 Å². The van der Waals surface area contributed by atoms with E-state index in [-0.39, 0.29) is 0 Å². The van der Waals surface area contributed by atoms with E-state index in [0.29, 0.717) is 0 Å². The topological polar surface area (TPSA) is 32.3 Å². The van der Waals surface area contributed by atoms with E-state index >= 15 is 0 Å². The van der Waals surface area contributed by atoms with Gasteiger partial charge in [0.2, 0.25) is 5.95 Å². The lowest BCUT2D eigenvalue weighted by Crippen LogP contribution is -2.22. The molecule has 102 valence electrons. The molecule has 0 aromatic carbocycles. The zero-order chi connectivity index (χ0) is 14.1. The Morgan fingerprint density at radius 3 is 2.70 bits per heavy atom. The van der Waals surface area contributed by atoms with Gasteiger partial charge in [0.15, 0.2) is 0 Å². The minimum Gasteiger partial charge on any atom is -0.361 e. The van der Waals surface area contributed by atoms with Gasteiger partial charge in [-0.25, -0.2) is 9.97 Å². The normalized spacial score (nSPS) is 14.2. The van der Waals surface area contributed by atoms with Crippen LogP contribution in [0.4, 0.5) is 10.2 Å². The molecule has 0 amide bonds. The molecule has 0 saturated carbocycles. The minimum atomic E-state index is -0.481. The number of hydrogen-bond donors (Lipinski definition) is 0. The SMILES string of the molecule is Cc1cc(-c2ccc(F)nc2)nc(N2C=CN(C)C2)c1. The summed E-state index contributed by atoms with van der Waals surface area (Å²) >= 11 is 0. The fourth-order valence-electron chi connectivity index (χ4n) is 2.15. The summed E-state index contributed by atoms with van der Waals surface area (Å²) in [4.78, 5) is 12.5. The highest BCUT2D eigenvalue weighted by Gasteiger charge is 2.13. The molecule has 2 aromatic heterocycles. The molecular weight excluding hydrogens is 255 g/mol. The van der Waals surface area contributed by atoms with Crippen molar-refractivity contribution in [3.63, 3.8) is 0 Å². The molecule has 1 aliphatic heterocycles. The number of rotatable bonds is 2. The molecule has 20 heavy (non-hydrogen) atoms. The molecule has 4 nitrogen and oxygen atoms in total. The van der Waals surface area contributed by atoms with Gasteiger partial charge in [-0.3, -0.25) is 0 Å². The summed E-state index contributed by atoms with van der Waals surface area (Å²) in [5.74, 6) is 0.399. The largest absolute Gasteiger partial charge is 0.361 e. The van der Waals surface area contributed by atoms with E-state index in [2.05, 4.69) is 19.8 Å². The molecule has 2 aromatic rings. The standard InChI is InChI=1S/C15H15FN4/c1-11-7-13(12-3-4-14(16)17-9-12)18-15(8-11)20-6-5-19(2)10-20/h3-9H,10H2,1-2H3. The van der Waals surface area contributed by atoms with Gasteiger partial charge in [0.1, 0.15) is 5.82 Å². The Hall–Kier alpha value is -2.43. The van der Waals surface area contributed by atoms with Gasteiger partial charge in [-0.2, -0.15) is 4.39 Å². The number of aromatic nitrogens is 2. The first-order valence-electron chi connectivity index (χ1n) is 6.38. The molecule has 0 spiro atoms. The highest BCUT2D eigenvalue weighted by molar-refractivity contribution is 5.62. The second kappa shape index (κ2) is 4.92. The Labute approximate surface area is 117 Å². The third kappa shape index (κ3) is 2.47. The van der Waals surface area contributed by atoms with Crippen molar-refractivity contribution in [2.45, 2.75) is 6.92 Å². The maximum absolute atomic E-state index is 12.9. The second-order valence-corrected chi connectivity index (χ2v) is 4.92. The van der Waals surface area contributed by atoms with Gasteiger partial charge in [0, 0.05) is 31.2 Å². The predicted molar refractivity (Wildman–Crippen MR) is 76.4 cm³/mol. The summed E-state index contributed by atoms with van der Waals surface area (Å²) in [7, 11) is 2.01. The first-order chi connectivity index (χ1) is 9.61. The molecule has 3 rings (SSSR count). The molecule has 0 bridgehead atoms. The van der Waals surface area contributed by atoms with E-state index in [1.807, 2.05) is 38.5 Å². The van der Waals surface area contributed by atoms with Crippen molar-refractivity contribution in [3.05, 3.63) is 54.4 Å². The lowest BCUT2D eigenvalue weighted by Gasteiger charge is -2.18. The molecule has 0 radical (unpaired) electrons. The quantitative estimate of drug-likeness (QED) is 0.785. The highest BCUT2D eigenvalue weighted by Crippen LogP contribution is 2.24. The fourth-order valence-corrected chi connectivity index (χ4v) is 2.15. The Morgan fingerprint density at radius 2 is 2.05 bits per heavy atom. The number of halogens is 1. The van der Waals surface area contributed by atoms with Crippen LogP contribution in [0, 0.1) is 12.9 Å². The number of nitrogens with zero attached hydrogens (tertiary/aromatic N) is 4. The molecule has 0 N–H and O–H groups in total. The van der Waals surface area contributed by atoms with E-state index < -0.39 is 5.95 Å². The zero-order valence-corrected chi connectivity index (χ0v) is 11.4. The van der Waals surface area contributed by atoms with E-state index in [9.17, 15) is 4.39 Å². The molecular formula is C15H15FN4. The van der Waals surface area contributed by atoms with Gasteiger partial charge in [-0.05, 0) is 36.8 Å². The summed E-state index contributed by atoms with van der Waals surface area (Å²) in [5.41, 5.74) is 2.72. The highest BCUT2D eigenvalue weighted by atomic mass is 19.1. The van der Waals surface area contributed by atoms with Crippen LogP contribution in [-0.4, -0.2) is 28.6 Å². The van der Waals surface area contributed by atoms with Gasteiger partial charge >= 0.3 is 0 Å². The van der Waals surface area contributed by atoms with Crippen LogP contribution in [0.5, 0.6) is 0 Å². The van der Waals surface area contributed by atoms with Crippen molar-refractivity contribution in [2.75, 3.05) is 18.6 Å². The Bertz CT molecular complexity index is 651. The fraction of sp³-hybridized carbons (Fsp3) is 0.200. The van der Waals surface area contributed by atoms with Crippen LogP contribution < -0.4 is 4.90 Å². The van der Waals surface area contributed by atoms with Crippen LogP contribution in [0.25, 0.3) is 11.3 Å². The first kappa shape index (κ1) is 12.6. The van der Waals surface area contributed by atoms with Gasteiger partial charge in [0.05, 0.1) is 12.4 Å². The summed E-state index contributed by atoms with van der Waals surface area (Å²) in [6.07, 6.45) is 5.50.